The molecule has 3 nitrogen and oxygen atoms in total. The van der Waals surface area contributed by atoms with E-state index in [2.05, 4.69) is 0 Å². The molecular formula is C10H9ClF2O3. The number of aliphatic carboxylic acids is 1. The summed E-state index contributed by atoms with van der Waals surface area (Å²) in [6.07, 6.45) is -0.897. The van der Waals surface area contributed by atoms with Gasteiger partial charge in [0.25, 0.3) is 0 Å². The molecule has 0 atom stereocenters. The number of ether oxygens (including phenoxy) is 1. The second-order valence-electron chi connectivity index (χ2n) is 3.16. The maximum Gasteiger partial charge on any atom is 0.374 e. The standard InChI is InChI=1S/C10H9ClF2O3/c1-16-8-3-2-6(4-7(8)11)5-10(12,13)9(14)15/h2-4H,5H2,1H3,(H,14,15). The highest BCUT2D eigenvalue weighted by atomic mass is 35.5. The molecule has 0 heterocycles. The first-order valence-electron chi connectivity index (χ1n) is 4.30. The zero-order chi connectivity index (χ0) is 12.3. The van der Waals surface area contributed by atoms with E-state index in [0.717, 1.165) is 0 Å². The van der Waals surface area contributed by atoms with Crippen molar-refractivity contribution in [3.63, 3.8) is 0 Å². The van der Waals surface area contributed by atoms with Crippen LogP contribution in [0.25, 0.3) is 0 Å². The van der Waals surface area contributed by atoms with Crippen molar-refractivity contribution in [2.24, 2.45) is 0 Å². The molecule has 0 aromatic heterocycles. The lowest BCUT2D eigenvalue weighted by Gasteiger charge is -2.11. The largest absolute Gasteiger partial charge is 0.495 e. The SMILES string of the molecule is COc1ccc(CC(F)(F)C(=O)O)cc1Cl. The molecule has 88 valence electrons. The Morgan fingerprint density at radius 1 is 1.56 bits per heavy atom. The predicted molar refractivity (Wildman–Crippen MR) is 54.3 cm³/mol. The molecule has 0 spiro atoms. The number of rotatable bonds is 4. The van der Waals surface area contributed by atoms with Gasteiger partial charge in [0.15, 0.2) is 0 Å². The third-order valence-corrected chi connectivity index (χ3v) is 2.25. The monoisotopic (exact) mass is 250 g/mol. The van der Waals surface area contributed by atoms with Gasteiger partial charge in [-0.2, -0.15) is 8.78 Å². The van der Waals surface area contributed by atoms with Crippen LogP contribution in [0.2, 0.25) is 5.02 Å². The van der Waals surface area contributed by atoms with E-state index in [9.17, 15) is 13.6 Å². The Hall–Kier alpha value is -1.36. The number of hydrogen-bond acceptors (Lipinski definition) is 2. The Balaban J connectivity index is 2.91. The molecule has 0 aliphatic rings. The summed E-state index contributed by atoms with van der Waals surface area (Å²) in [4.78, 5) is 10.2. The minimum atomic E-state index is -3.79. The Morgan fingerprint density at radius 3 is 2.62 bits per heavy atom. The number of benzene rings is 1. The van der Waals surface area contributed by atoms with Gasteiger partial charge >= 0.3 is 11.9 Å². The smallest absolute Gasteiger partial charge is 0.374 e. The molecule has 6 heteroatoms. The van der Waals surface area contributed by atoms with Gasteiger partial charge in [0, 0.05) is 6.42 Å². The Bertz CT molecular complexity index is 407. The molecule has 0 saturated heterocycles. The zero-order valence-corrected chi connectivity index (χ0v) is 9.09. The van der Waals surface area contributed by atoms with Crippen LogP contribution >= 0.6 is 11.6 Å². The van der Waals surface area contributed by atoms with Gasteiger partial charge < -0.3 is 9.84 Å². The second-order valence-corrected chi connectivity index (χ2v) is 3.56. The van der Waals surface area contributed by atoms with E-state index < -0.39 is 18.3 Å². The van der Waals surface area contributed by atoms with Crippen LogP contribution in [0.15, 0.2) is 18.2 Å². The molecule has 0 aliphatic carbocycles. The van der Waals surface area contributed by atoms with E-state index >= 15 is 0 Å². The Kier molecular flexibility index (Phi) is 3.70. The summed E-state index contributed by atoms with van der Waals surface area (Å²) < 4.78 is 30.6. The second kappa shape index (κ2) is 4.65. The molecule has 0 aliphatic heterocycles. The number of alkyl halides is 2. The predicted octanol–water partition coefficient (Wildman–Crippen LogP) is 2.61. The molecule has 0 bridgehead atoms. The summed E-state index contributed by atoms with van der Waals surface area (Å²) in [5.74, 6) is -5.60. The fourth-order valence-electron chi connectivity index (χ4n) is 1.15. The molecule has 1 aromatic rings. The molecule has 0 amide bonds. The van der Waals surface area contributed by atoms with Crippen molar-refractivity contribution in [3.05, 3.63) is 28.8 Å². The van der Waals surface area contributed by atoms with E-state index in [0.29, 0.717) is 5.75 Å². The third-order valence-electron chi connectivity index (χ3n) is 1.96. The topological polar surface area (TPSA) is 46.5 Å². The van der Waals surface area contributed by atoms with Crippen molar-refractivity contribution in [2.45, 2.75) is 12.3 Å². The first-order chi connectivity index (χ1) is 7.36. The molecule has 1 N–H and O–H groups in total. The van der Waals surface area contributed by atoms with Crippen LogP contribution < -0.4 is 4.74 Å². The van der Waals surface area contributed by atoms with Gasteiger partial charge in [0.1, 0.15) is 5.75 Å². The number of halogens is 3. The lowest BCUT2D eigenvalue weighted by molar-refractivity contribution is -0.164. The van der Waals surface area contributed by atoms with Crippen LogP contribution in [0.4, 0.5) is 8.78 Å². The third kappa shape index (κ3) is 2.82. The average molecular weight is 251 g/mol. The van der Waals surface area contributed by atoms with Crippen LogP contribution in [0.3, 0.4) is 0 Å². The molecular weight excluding hydrogens is 242 g/mol. The van der Waals surface area contributed by atoms with E-state index in [-0.39, 0.29) is 10.6 Å². The summed E-state index contributed by atoms with van der Waals surface area (Å²) in [5, 5.41) is 8.43. The number of hydrogen-bond donors (Lipinski definition) is 1. The maximum absolute atomic E-state index is 12.9. The summed E-state index contributed by atoms with van der Waals surface area (Å²) in [7, 11) is 1.40. The average Bonchev–Trinajstić information content (AvgIpc) is 2.17. The van der Waals surface area contributed by atoms with Crippen molar-refractivity contribution in [2.75, 3.05) is 7.11 Å². The van der Waals surface area contributed by atoms with Gasteiger partial charge in [0.05, 0.1) is 12.1 Å². The summed E-state index contributed by atoms with van der Waals surface area (Å²) in [5.41, 5.74) is 0.137. The normalized spacial score (nSPS) is 11.2. The molecule has 0 saturated carbocycles. The molecule has 0 fully saturated rings. The van der Waals surface area contributed by atoms with E-state index in [4.69, 9.17) is 21.4 Å². The van der Waals surface area contributed by atoms with Crippen molar-refractivity contribution in [3.8, 4) is 5.75 Å². The summed E-state index contributed by atoms with van der Waals surface area (Å²) in [6, 6.07) is 4.02. The van der Waals surface area contributed by atoms with Crippen molar-refractivity contribution < 1.29 is 23.4 Å². The fourth-order valence-corrected chi connectivity index (χ4v) is 1.43. The number of methoxy groups -OCH3 is 1. The van der Waals surface area contributed by atoms with Gasteiger partial charge in [0.2, 0.25) is 0 Å². The lowest BCUT2D eigenvalue weighted by Crippen LogP contribution is -2.30. The Morgan fingerprint density at radius 2 is 2.19 bits per heavy atom. The number of carboxylic acids is 1. The zero-order valence-electron chi connectivity index (χ0n) is 8.34. The number of carbonyl (C=O) groups is 1. The Labute approximate surface area is 95.6 Å². The molecule has 1 aromatic carbocycles. The van der Waals surface area contributed by atoms with Crippen LogP contribution in [0, 0.1) is 0 Å². The van der Waals surface area contributed by atoms with Crippen LogP contribution in [-0.4, -0.2) is 24.1 Å². The van der Waals surface area contributed by atoms with Crippen molar-refractivity contribution in [1.82, 2.24) is 0 Å². The van der Waals surface area contributed by atoms with Crippen molar-refractivity contribution >= 4 is 17.6 Å². The minimum Gasteiger partial charge on any atom is -0.495 e. The summed E-state index contributed by atoms with van der Waals surface area (Å²) in [6.45, 7) is 0. The first-order valence-corrected chi connectivity index (χ1v) is 4.68. The van der Waals surface area contributed by atoms with Gasteiger partial charge in [-0.1, -0.05) is 17.7 Å². The molecule has 0 unspecified atom stereocenters. The van der Waals surface area contributed by atoms with Gasteiger partial charge in [-0.05, 0) is 17.7 Å². The quantitative estimate of drug-likeness (QED) is 0.894. The van der Waals surface area contributed by atoms with Crippen LogP contribution in [-0.2, 0) is 11.2 Å². The van der Waals surface area contributed by atoms with Crippen LogP contribution in [0.5, 0.6) is 5.75 Å². The van der Waals surface area contributed by atoms with Gasteiger partial charge in [-0.15, -0.1) is 0 Å². The number of carboxylic acid groups (broad SMARTS) is 1. The van der Waals surface area contributed by atoms with E-state index in [1.807, 2.05) is 0 Å². The minimum absolute atomic E-state index is 0.137. The highest BCUT2D eigenvalue weighted by Crippen LogP contribution is 2.28. The van der Waals surface area contributed by atoms with Gasteiger partial charge in [-0.3, -0.25) is 0 Å². The highest BCUT2D eigenvalue weighted by molar-refractivity contribution is 6.32. The van der Waals surface area contributed by atoms with Crippen molar-refractivity contribution in [1.29, 1.82) is 0 Å². The molecule has 16 heavy (non-hydrogen) atoms. The maximum atomic E-state index is 12.9. The molecule has 0 radical (unpaired) electrons. The first kappa shape index (κ1) is 12.7. The van der Waals surface area contributed by atoms with Crippen LogP contribution in [0.1, 0.15) is 5.56 Å². The summed E-state index contributed by atoms with van der Waals surface area (Å²) >= 11 is 5.72. The fraction of sp³-hybridized carbons (Fsp3) is 0.300. The van der Waals surface area contributed by atoms with Gasteiger partial charge in [-0.25, -0.2) is 4.79 Å². The lowest BCUT2D eigenvalue weighted by atomic mass is 10.1. The van der Waals surface area contributed by atoms with E-state index in [1.54, 1.807) is 0 Å². The highest BCUT2D eigenvalue weighted by Gasteiger charge is 2.38. The van der Waals surface area contributed by atoms with E-state index in [1.165, 1.54) is 25.3 Å². The molecule has 1 rings (SSSR count).